The number of hydrogen-bond acceptors (Lipinski definition) is 2. The highest BCUT2D eigenvalue weighted by molar-refractivity contribution is 6.25. The van der Waals surface area contributed by atoms with E-state index in [0.29, 0.717) is 0 Å². The second-order valence-electron chi connectivity index (χ2n) is 13.4. The summed E-state index contributed by atoms with van der Waals surface area (Å²) in [5.41, 5.74) is 11.9. The monoisotopic (exact) mass is 634 g/mol. The minimum Gasteiger partial charge on any atom is -0.309 e. The summed E-state index contributed by atoms with van der Waals surface area (Å²) in [4.78, 5) is 10.5. The molecule has 0 aliphatic rings. The van der Waals surface area contributed by atoms with E-state index in [1.807, 2.05) is 12.1 Å². The second kappa shape index (κ2) is 9.43. The molecule has 12 rings (SSSR count). The average Bonchev–Trinajstić information content (AvgIpc) is 3.80. The topological polar surface area (TPSA) is 35.1 Å². The molecule has 0 aliphatic carbocycles. The van der Waals surface area contributed by atoms with Crippen molar-refractivity contribution in [3.8, 4) is 16.8 Å². The van der Waals surface area contributed by atoms with Crippen molar-refractivity contribution in [2.75, 3.05) is 0 Å². The standard InChI is InChI=1S/C46H26N4/c1-2-13-32(14-3-1)49-41-21-19-30(23-35(41)34-20-18-27-10-6-7-15-33(27)44(34)49)31-24-37-36-22-28-11-4-5-12-29(28)26-42(36)50-45(37)38(25-31)43-46(50)48-40-17-9-8-16-39(40)47-43/h1-26H. The highest BCUT2D eigenvalue weighted by atomic mass is 15.0. The average molecular weight is 635 g/mol. The first kappa shape index (κ1) is 26.2. The Morgan fingerprint density at radius 2 is 1.06 bits per heavy atom. The lowest BCUT2D eigenvalue weighted by molar-refractivity contribution is 1.19. The first-order chi connectivity index (χ1) is 24.8. The molecule has 0 N–H and O–H groups in total. The minimum atomic E-state index is 0.902. The van der Waals surface area contributed by atoms with Crippen LogP contribution in [0.15, 0.2) is 158 Å². The summed E-state index contributed by atoms with van der Waals surface area (Å²) in [7, 11) is 0. The zero-order valence-corrected chi connectivity index (χ0v) is 26.8. The fraction of sp³-hybridized carbons (Fsp3) is 0. The van der Waals surface area contributed by atoms with Crippen LogP contribution >= 0.6 is 0 Å². The molecule has 0 fully saturated rings. The summed E-state index contributed by atoms with van der Waals surface area (Å²) in [6, 6.07) is 57.1. The SMILES string of the molecule is c1ccc(-n2c3ccc(-c4cc5c6cc7ccccc7cc6n6c7nc8ccccc8nc7c(c4)c56)cc3c3ccc4ccccc4c32)cc1. The van der Waals surface area contributed by atoms with E-state index in [0.717, 1.165) is 38.8 Å². The van der Waals surface area contributed by atoms with Gasteiger partial charge in [0.2, 0.25) is 0 Å². The van der Waals surface area contributed by atoms with Crippen molar-refractivity contribution in [3.63, 3.8) is 0 Å². The number of hydrogen-bond donors (Lipinski definition) is 0. The lowest BCUT2D eigenvalue weighted by Gasteiger charge is -2.10. The largest absolute Gasteiger partial charge is 0.309 e. The molecule has 12 aromatic rings. The van der Waals surface area contributed by atoms with Crippen LogP contribution in [0.2, 0.25) is 0 Å². The van der Waals surface area contributed by atoms with Gasteiger partial charge in [-0.1, -0.05) is 97.1 Å². The summed E-state index contributed by atoms with van der Waals surface area (Å²) in [5, 5.41) is 11.0. The Bertz CT molecular complexity index is 3250. The van der Waals surface area contributed by atoms with E-state index in [9.17, 15) is 0 Å². The molecular weight excluding hydrogens is 609 g/mol. The number of aromatic nitrogens is 4. The molecule has 0 saturated carbocycles. The van der Waals surface area contributed by atoms with Crippen LogP contribution in [0, 0.1) is 0 Å². The van der Waals surface area contributed by atoms with Crippen molar-refractivity contribution in [1.29, 1.82) is 0 Å². The number of benzene rings is 8. The summed E-state index contributed by atoms with van der Waals surface area (Å²) in [6.45, 7) is 0. The maximum absolute atomic E-state index is 5.24. The Morgan fingerprint density at radius 1 is 0.380 bits per heavy atom. The summed E-state index contributed by atoms with van der Waals surface area (Å²) >= 11 is 0. The summed E-state index contributed by atoms with van der Waals surface area (Å²) < 4.78 is 4.77. The highest BCUT2D eigenvalue weighted by Crippen LogP contribution is 2.44. The van der Waals surface area contributed by atoms with Crippen LogP contribution in [0.25, 0.3) is 110 Å². The molecule has 4 aromatic heterocycles. The Labute approximate surface area is 285 Å². The van der Waals surface area contributed by atoms with Gasteiger partial charge in [-0.25, -0.2) is 9.97 Å². The summed E-state index contributed by atoms with van der Waals surface area (Å²) in [5.74, 6) is 0. The van der Waals surface area contributed by atoms with Gasteiger partial charge < -0.3 is 4.57 Å². The van der Waals surface area contributed by atoms with Crippen LogP contribution in [0.3, 0.4) is 0 Å². The zero-order chi connectivity index (χ0) is 32.5. The molecule has 4 heteroatoms. The fourth-order valence-electron chi connectivity index (χ4n) is 8.53. The van der Waals surface area contributed by atoms with Gasteiger partial charge in [-0.3, -0.25) is 4.40 Å². The predicted octanol–water partition coefficient (Wildman–Crippen LogP) is 11.9. The van der Waals surface area contributed by atoms with Crippen molar-refractivity contribution < 1.29 is 0 Å². The Hall–Kier alpha value is -6.78. The summed E-state index contributed by atoms with van der Waals surface area (Å²) in [6.07, 6.45) is 0. The van der Waals surface area contributed by atoms with E-state index < -0.39 is 0 Å². The van der Waals surface area contributed by atoms with Crippen molar-refractivity contribution in [2.24, 2.45) is 0 Å². The lowest BCUT2D eigenvalue weighted by atomic mass is 9.98. The first-order valence-electron chi connectivity index (χ1n) is 17.1. The molecule has 0 saturated heterocycles. The smallest absolute Gasteiger partial charge is 0.165 e. The molecule has 4 nitrogen and oxygen atoms in total. The molecule has 0 aliphatic heterocycles. The van der Waals surface area contributed by atoms with Crippen LogP contribution in [0.1, 0.15) is 0 Å². The third kappa shape index (κ3) is 3.39. The molecular formula is C46H26N4. The van der Waals surface area contributed by atoms with E-state index in [-0.39, 0.29) is 0 Å². The predicted molar refractivity (Wildman–Crippen MR) is 209 cm³/mol. The Morgan fingerprint density at radius 3 is 1.92 bits per heavy atom. The third-order valence-corrected chi connectivity index (χ3v) is 10.7. The van der Waals surface area contributed by atoms with Gasteiger partial charge in [0.1, 0.15) is 5.52 Å². The Kier molecular flexibility index (Phi) is 4.94. The minimum absolute atomic E-state index is 0.902. The molecule has 0 unspecified atom stereocenters. The molecule has 50 heavy (non-hydrogen) atoms. The van der Waals surface area contributed by atoms with Crippen molar-refractivity contribution >= 4 is 92.7 Å². The molecule has 230 valence electrons. The highest BCUT2D eigenvalue weighted by Gasteiger charge is 2.22. The van der Waals surface area contributed by atoms with Crippen molar-refractivity contribution in [1.82, 2.24) is 18.9 Å². The maximum atomic E-state index is 5.24. The molecule has 4 heterocycles. The number of fused-ring (bicyclic) bond motifs is 13. The van der Waals surface area contributed by atoms with Gasteiger partial charge in [-0.15, -0.1) is 0 Å². The molecule has 8 aromatic carbocycles. The fourth-order valence-corrected chi connectivity index (χ4v) is 8.53. The van der Waals surface area contributed by atoms with Crippen molar-refractivity contribution in [2.45, 2.75) is 0 Å². The molecule has 0 bridgehead atoms. The van der Waals surface area contributed by atoms with Gasteiger partial charge in [0.25, 0.3) is 0 Å². The number of para-hydroxylation sites is 3. The van der Waals surface area contributed by atoms with E-state index in [1.165, 1.54) is 70.8 Å². The van der Waals surface area contributed by atoms with Crippen molar-refractivity contribution in [3.05, 3.63) is 158 Å². The zero-order valence-electron chi connectivity index (χ0n) is 26.8. The van der Waals surface area contributed by atoms with E-state index in [2.05, 4.69) is 155 Å². The van der Waals surface area contributed by atoms with Crippen LogP contribution in [-0.4, -0.2) is 18.9 Å². The molecule has 0 amide bonds. The first-order valence-corrected chi connectivity index (χ1v) is 17.1. The Balaban J connectivity index is 1.21. The number of rotatable bonds is 2. The van der Waals surface area contributed by atoms with Gasteiger partial charge in [-0.2, -0.15) is 0 Å². The number of nitrogens with zero attached hydrogens (tertiary/aromatic N) is 4. The maximum Gasteiger partial charge on any atom is 0.165 e. The third-order valence-electron chi connectivity index (χ3n) is 10.7. The van der Waals surface area contributed by atoms with Gasteiger partial charge in [0.15, 0.2) is 5.65 Å². The molecule has 0 spiro atoms. The van der Waals surface area contributed by atoms with Crippen LogP contribution in [0.5, 0.6) is 0 Å². The van der Waals surface area contributed by atoms with Gasteiger partial charge in [0.05, 0.1) is 33.1 Å². The quantitative estimate of drug-likeness (QED) is 0.190. The normalized spacial score (nSPS) is 12.4. The van der Waals surface area contributed by atoms with Crippen LogP contribution in [0.4, 0.5) is 0 Å². The van der Waals surface area contributed by atoms with E-state index in [4.69, 9.17) is 9.97 Å². The molecule has 0 atom stereocenters. The molecule has 0 radical (unpaired) electrons. The van der Waals surface area contributed by atoms with E-state index >= 15 is 0 Å². The lowest BCUT2D eigenvalue weighted by Crippen LogP contribution is -1.93. The van der Waals surface area contributed by atoms with Gasteiger partial charge in [-0.05, 0) is 87.9 Å². The van der Waals surface area contributed by atoms with Gasteiger partial charge >= 0.3 is 0 Å². The van der Waals surface area contributed by atoms with Crippen LogP contribution < -0.4 is 0 Å². The van der Waals surface area contributed by atoms with Gasteiger partial charge in [0, 0.05) is 38.0 Å². The second-order valence-corrected chi connectivity index (χ2v) is 13.4. The van der Waals surface area contributed by atoms with E-state index in [1.54, 1.807) is 0 Å². The van der Waals surface area contributed by atoms with Crippen LogP contribution in [-0.2, 0) is 0 Å².